The van der Waals surface area contributed by atoms with Gasteiger partial charge in [0.2, 0.25) is 0 Å². The van der Waals surface area contributed by atoms with Crippen LogP contribution >= 0.6 is 12.4 Å². The predicted octanol–water partition coefficient (Wildman–Crippen LogP) is 1.99. The Kier molecular flexibility index (Phi) is 9.44. The van der Waals surface area contributed by atoms with Crippen molar-refractivity contribution < 1.29 is 23.0 Å². The summed E-state index contributed by atoms with van der Waals surface area (Å²) in [5.41, 5.74) is 4.86. The molecule has 1 rings (SSSR count). The Bertz CT molecular complexity index is 444. The smallest absolute Gasteiger partial charge is 0.277 e. The lowest BCUT2D eigenvalue weighted by Gasteiger charge is -2.14. The van der Waals surface area contributed by atoms with Crippen molar-refractivity contribution in [2.45, 2.75) is 19.3 Å². The third-order valence-corrected chi connectivity index (χ3v) is 2.51. The Morgan fingerprint density at radius 1 is 1.23 bits per heavy atom. The molecule has 0 aliphatic heterocycles. The molecule has 8 heteroatoms. The summed E-state index contributed by atoms with van der Waals surface area (Å²) in [6.07, 6.45) is 0.909. The van der Waals surface area contributed by atoms with Crippen LogP contribution in [-0.2, 0) is 4.79 Å². The molecule has 0 unspecified atom stereocenters. The fraction of sp³-hybridized carbons (Fsp3) is 0.500. The van der Waals surface area contributed by atoms with E-state index in [2.05, 4.69) is 5.32 Å². The zero-order chi connectivity index (χ0) is 15.7. The number of hydrogen-bond acceptors (Lipinski definition) is 4. The van der Waals surface area contributed by atoms with Gasteiger partial charge in [-0.2, -0.15) is 0 Å². The molecule has 0 bridgehead atoms. The third-order valence-electron chi connectivity index (χ3n) is 2.51. The van der Waals surface area contributed by atoms with E-state index in [-0.39, 0.29) is 19.0 Å². The van der Waals surface area contributed by atoms with Crippen LogP contribution in [0.25, 0.3) is 0 Å². The average molecular weight is 339 g/mol. The van der Waals surface area contributed by atoms with Crippen molar-refractivity contribution in [3.05, 3.63) is 24.3 Å². The highest BCUT2D eigenvalue weighted by atomic mass is 35.5. The zero-order valence-electron chi connectivity index (χ0n) is 12.3. The maximum Gasteiger partial charge on any atom is 0.277 e. The maximum atomic E-state index is 12.8. The van der Waals surface area contributed by atoms with Crippen molar-refractivity contribution in [1.29, 1.82) is 0 Å². The van der Waals surface area contributed by atoms with E-state index < -0.39 is 24.9 Å². The van der Waals surface area contributed by atoms with Crippen molar-refractivity contribution in [3.63, 3.8) is 0 Å². The molecule has 0 saturated heterocycles. The molecule has 0 atom stereocenters. The molecule has 0 fully saturated rings. The van der Waals surface area contributed by atoms with Gasteiger partial charge in [-0.15, -0.1) is 12.4 Å². The molecule has 0 aliphatic carbocycles. The lowest BCUT2D eigenvalue weighted by molar-refractivity contribution is -0.124. The molecule has 1 aromatic rings. The molecular formula is C14H21ClF2N2O3. The number of alkyl halides is 2. The Morgan fingerprint density at radius 2 is 1.77 bits per heavy atom. The van der Waals surface area contributed by atoms with Crippen molar-refractivity contribution >= 4 is 18.3 Å². The highest BCUT2D eigenvalue weighted by molar-refractivity contribution is 5.85. The number of halogens is 3. The third kappa shape index (κ3) is 7.99. The first kappa shape index (κ1) is 20.4. The van der Waals surface area contributed by atoms with Gasteiger partial charge in [-0.3, -0.25) is 4.79 Å². The fourth-order valence-corrected chi connectivity index (χ4v) is 1.35. The number of carbonyl (C=O) groups is 1. The second-order valence-electron chi connectivity index (χ2n) is 4.45. The van der Waals surface area contributed by atoms with Crippen LogP contribution < -0.4 is 20.5 Å². The van der Waals surface area contributed by atoms with Gasteiger partial charge in [0.05, 0.1) is 19.7 Å². The van der Waals surface area contributed by atoms with Crippen molar-refractivity contribution in [2.75, 3.05) is 26.3 Å². The minimum atomic E-state index is -3.10. The maximum absolute atomic E-state index is 12.8. The van der Waals surface area contributed by atoms with Gasteiger partial charge in [0.15, 0.2) is 6.61 Å². The summed E-state index contributed by atoms with van der Waals surface area (Å²) in [5.74, 6) is -2.57. The van der Waals surface area contributed by atoms with E-state index in [0.717, 1.165) is 6.42 Å². The number of amides is 1. The molecule has 126 valence electrons. The minimum Gasteiger partial charge on any atom is -0.494 e. The van der Waals surface area contributed by atoms with E-state index in [1.807, 2.05) is 6.92 Å². The van der Waals surface area contributed by atoms with Crippen LogP contribution in [0.2, 0.25) is 0 Å². The predicted molar refractivity (Wildman–Crippen MR) is 82.0 cm³/mol. The topological polar surface area (TPSA) is 73.6 Å². The molecule has 0 saturated carbocycles. The molecule has 0 radical (unpaired) electrons. The fourth-order valence-electron chi connectivity index (χ4n) is 1.35. The zero-order valence-corrected chi connectivity index (χ0v) is 13.1. The van der Waals surface area contributed by atoms with Gasteiger partial charge in [0, 0.05) is 0 Å². The summed E-state index contributed by atoms with van der Waals surface area (Å²) in [5, 5.41) is 2.06. The highest BCUT2D eigenvalue weighted by Gasteiger charge is 2.27. The van der Waals surface area contributed by atoms with E-state index in [1.54, 1.807) is 24.3 Å². The second-order valence-corrected chi connectivity index (χ2v) is 4.45. The van der Waals surface area contributed by atoms with Crippen LogP contribution in [0.5, 0.6) is 11.5 Å². The molecule has 1 aromatic carbocycles. The lowest BCUT2D eigenvalue weighted by atomic mass is 10.3. The molecule has 22 heavy (non-hydrogen) atoms. The van der Waals surface area contributed by atoms with E-state index in [0.29, 0.717) is 18.1 Å². The van der Waals surface area contributed by atoms with Crippen molar-refractivity contribution in [3.8, 4) is 11.5 Å². The summed E-state index contributed by atoms with van der Waals surface area (Å²) in [7, 11) is 0. The number of ether oxygens (including phenoxy) is 2. The van der Waals surface area contributed by atoms with Crippen LogP contribution in [0.4, 0.5) is 8.78 Å². The van der Waals surface area contributed by atoms with Gasteiger partial charge < -0.3 is 20.5 Å². The van der Waals surface area contributed by atoms with Gasteiger partial charge in [-0.1, -0.05) is 6.92 Å². The summed E-state index contributed by atoms with van der Waals surface area (Å²) < 4.78 is 36.2. The first-order valence-corrected chi connectivity index (χ1v) is 6.67. The molecule has 0 heterocycles. The molecule has 0 spiro atoms. The van der Waals surface area contributed by atoms with Crippen LogP contribution in [0.1, 0.15) is 13.3 Å². The SMILES string of the molecule is CCCOc1ccc(OCC(=O)NCC(F)(F)CN)cc1.Cl. The molecule has 1 amide bonds. The largest absolute Gasteiger partial charge is 0.494 e. The molecule has 5 nitrogen and oxygen atoms in total. The van der Waals surface area contributed by atoms with Gasteiger partial charge in [0.1, 0.15) is 11.5 Å². The summed E-state index contributed by atoms with van der Waals surface area (Å²) in [6.45, 7) is 0.681. The Balaban J connectivity index is 0.00000441. The van der Waals surface area contributed by atoms with Gasteiger partial charge in [0.25, 0.3) is 11.8 Å². The van der Waals surface area contributed by atoms with Gasteiger partial charge in [-0.05, 0) is 30.7 Å². The van der Waals surface area contributed by atoms with E-state index in [4.69, 9.17) is 15.2 Å². The second kappa shape index (κ2) is 10.2. The van der Waals surface area contributed by atoms with Crippen LogP contribution in [0.3, 0.4) is 0 Å². The van der Waals surface area contributed by atoms with Crippen molar-refractivity contribution in [1.82, 2.24) is 5.32 Å². The van der Waals surface area contributed by atoms with Gasteiger partial charge >= 0.3 is 0 Å². The first-order chi connectivity index (χ1) is 9.96. The van der Waals surface area contributed by atoms with Crippen LogP contribution in [0, 0.1) is 0 Å². The Labute approximate surface area is 134 Å². The lowest BCUT2D eigenvalue weighted by Crippen LogP contribution is -2.42. The van der Waals surface area contributed by atoms with E-state index in [9.17, 15) is 13.6 Å². The summed E-state index contributed by atoms with van der Waals surface area (Å²) in [4.78, 5) is 11.4. The number of benzene rings is 1. The average Bonchev–Trinajstić information content (AvgIpc) is 2.50. The van der Waals surface area contributed by atoms with Crippen molar-refractivity contribution in [2.24, 2.45) is 5.73 Å². The van der Waals surface area contributed by atoms with Crippen LogP contribution in [-0.4, -0.2) is 38.1 Å². The normalized spacial score (nSPS) is 10.5. The number of nitrogens with one attached hydrogen (secondary N) is 1. The summed E-state index contributed by atoms with van der Waals surface area (Å²) >= 11 is 0. The molecule has 3 N–H and O–H groups in total. The Hall–Kier alpha value is -1.60. The number of nitrogens with two attached hydrogens (primary N) is 1. The number of hydrogen-bond donors (Lipinski definition) is 2. The molecule has 0 aromatic heterocycles. The van der Waals surface area contributed by atoms with Gasteiger partial charge in [-0.25, -0.2) is 8.78 Å². The van der Waals surface area contributed by atoms with Crippen LogP contribution in [0.15, 0.2) is 24.3 Å². The molecular weight excluding hydrogens is 318 g/mol. The number of carbonyl (C=O) groups excluding carboxylic acids is 1. The molecule has 0 aliphatic rings. The standard InChI is InChI=1S/C14H20F2N2O3.ClH/c1-2-7-20-11-3-5-12(6-4-11)21-8-13(19)18-10-14(15,16)9-17;/h3-6H,2,7-10,17H2,1H3,(H,18,19);1H. The van der Waals surface area contributed by atoms with E-state index >= 15 is 0 Å². The Morgan fingerprint density at radius 3 is 2.27 bits per heavy atom. The van der Waals surface area contributed by atoms with E-state index in [1.165, 1.54) is 0 Å². The minimum absolute atomic E-state index is 0. The summed E-state index contributed by atoms with van der Waals surface area (Å²) in [6, 6.07) is 6.72. The highest BCUT2D eigenvalue weighted by Crippen LogP contribution is 2.17. The monoisotopic (exact) mass is 338 g/mol. The quantitative estimate of drug-likeness (QED) is 0.722. The number of rotatable bonds is 9. The first-order valence-electron chi connectivity index (χ1n) is 6.67.